The lowest BCUT2D eigenvalue weighted by molar-refractivity contribution is -0.149. The van der Waals surface area contributed by atoms with Crippen LogP contribution in [0.1, 0.15) is 19.3 Å². The number of nitrogens with zero attached hydrogens (tertiary/aromatic N) is 1. The minimum atomic E-state index is -0.874. The van der Waals surface area contributed by atoms with Crippen LogP contribution in [0.25, 0.3) is 0 Å². The van der Waals surface area contributed by atoms with Crippen molar-refractivity contribution < 1.29 is 14.7 Å². The zero-order valence-electron chi connectivity index (χ0n) is 8.36. The van der Waals surface area contributed by atoms with E-state index in [1.165, 1.54) is 4.90 Å². The number of rotatable bonds is 4. The predicted octanol–water partition coefficient (Wildman–Crippen LogP) is 0.937. The van der Waals surface area contributed by atoms with E-state index in [1.54, 1.807) is 0 Å². The number of aliphatic carboxylic acids is 1. The lowest BCUT2D eigenvalue weighted by Crippen LogP contribution is -2.43. The third-order valence-corrected chi connectivity index (χ3v) is 3.55. The number of carboxylic acids is 1. The summed E-state index contributed by atoms with van der Waals surface area (Å²) in [6.45, 7) is 0.510. The van der Waals surface area contributed by atoms with Crippen LogP contribution < -0.4 is 0 Å². The molecule has 0 aromatic rings. The average Bonchev–Trinajstić information content (AvgIpc) is 2.92. The Labute approximate surface area is 93.2 Å². The SMILES string of the molecule is O=C(O)[C@H](C1CC1)N1CC(CCl)CC1=O. The molecule has 1 amide bonds. The van der Waals surface area contributed by atoms with Gasteiger partial charge in [-0.3, -0.25) is 4.79 Å². The van der Waals surface area contributed by atoms with E-state index >= 15 is 0 Å². The number of likely N-dealkylation sites (tertiary alicyclic amines) is 1. The van der Waals surface area contributed by atoms with Gasteiger partial charge in [0.15, 0.2) is 0 Å². The maximum atomic E-state index is 11.6. The van der Waals surface area contributed by atoms with Crippen molar-refractivity contribution in [2.45, 2.75) is 25.3 Å². The molecule has 1 N–H and O–H groups in total. The molecule has 0 aromatic heterocycles. The Morgan fingerprint density at radius 2 is 2.27 bits per heavy atom. The second-order valence-corrected chi connectivity index (χ2v) is 4.70. The van der Waals surface area contributed by atoms with Gasteiger partial charge in [-0.25, -0.2) is 4.79 Å². The molecule has 1 unspecified atom stereocenters. The Morgan fingerprint density at radius 1 is 1.60 bits per heavy atom. The second-order valence-electron chi connectivity index (χ2n) is 4.39. The first-order valence-corrected chi connectivity index (χ1v) is 5.75. The number of amides is 1. The van der Waals surface area contributed by atoms with Crippen molar-refractivity contribution in [1.29, 1.82) is 0 Å². The first-order valence-electron chi connectivity index (χ1n) is 5.21. The number of hydrogen-bond acceptors (Lipinski definition) is 2. The largest absolute Gasteiger partial charge is 0.480 e. The van der Waals surface area contributed by atoms with Gasteiger partial charge in [0.25, 0.3) is 0 Å². The van der Waals surface area contributed by atoms with E-state index < -0.39 is 12.0 Å². The molecular weight excluding hydrogens is 218 g/mol. The molecule has 1 heterocycles. The van der Waals surface area contributed by atoms with Crippen molar-refractivity contribution >= 4 is 23.5 Å². The van der Waals surface area contributed by atoms with Crippen molar-refractivity contribution in [3.05, 3.63) is 0 Å². The van der Waals surface area contributed by atoms with Gasteiger partial charge in [-0.1, -0.05) is 0 Å². The number of carbonyl (C=O) groups excluding carboxylic acids is 1. The Bertz CT molecular complexity index is 290. The summed E-state index contributed by atoms with van der Waals surface area (Å²) in [5.41, 5.74) is 0. The summed E-state index contributed by atoms with van der Waals surface area (Å²) < 4.78 is 0. The molecule has 0 radical (unpaired) electrons. The van der Waals surface area contributed by atoms with E-state index in [9.17, 15) is 9.59 Å². The number of hydrogen-bond donors (Lipinski definition) is 1. The highest BCUT2D eigenvalue weighted by Crippen LogP contribution is 2.37. The lowest BCUT2D eigenvalue weighted by Gasteiger charge is -2.24. The van der Waals surface area contributed by atoms with Gasteiger partial charge < -0.3 is 10.0 Å². The van der Waals surface area contributed by atoms with Gasteiger partial charge in [-0.2, -0.15) is 0 Å². The van der Waals surface area contributed by atoms with Crippen LogP contribution in [0.2, 0.25) is 0 Å². The van der Waals surface area contributed by atoms with Crippen LogP contribution >= 0.6 is 11.6 Å². The fourth-order valence-corrected chi connectivity index (χ4v) is 2.39. The van der Waals surface area contributed by atoms with Crippen molar-refractivity contribution in [2.24, 2.45) is 11.8 Å². The van der Waals surface area contributed by atoms with Crippen LogP contribution in [0.5, 0.6) is 0 Å². The third-order valence-electron chi connectivity index (χ3n) is 3.11. The molecule has 5 heteroatoms. The predicted molar refractivity (Wildman–Crippen MR) is 54.7 cm³/mol. The maximum Gasteiger partial charge on any atom is 0.326 e. The summed E-state index contributed by atoms with van der Waals surface area (Å²) >= 11 is 5.69. The van der Waals surface area contributed by atoms with Crippen molar-refractivity contribution in [1.82, 2.24) is 4.90 Å². The lowest BCUT2D eigenvalue weighted by atomic mass is 10.1. The Kier molecular flexibility index (Phi) is 2.87. The van der Waals surface area contributed by atoms with Crippen LogP contribution in [-0.2, 0) is 9.59 Å². The molecule has 2 rings (SSSR count). The molecule has 0 bridgehead atoms. The summed E-state index contributed by atoms with van der Waals surface area (Å²) in [5, 5.41) is 9.09. The normalized spacial score (nSPS) is 28.2. The van der Waals surface area contributed by atoms with Gasteiger partial charge in [-0.15, -0.1) is 11.6 Å². The quantitative estimate of drug-likeness (QED) is 0.733. The Hall–Kier alpha value is -0.770. The van der Waals surface area contributed by atoms with Crippen molar-refractivity contribution in [3.63, 3.8) is 0 Å². The van der Waals surface area contributed by atoms with Gasteiger partial charge in [-0.05, 0) is 24.7 Å². The first-order chi connectivity index (χ1) is 7.13. The van der Waals surface area contributed by atoms with Gasteiger partial charge in [0, 0.05) is 18.8 Å². The number of carboxylic acid groups (broad SMARTS) is 1. The fourth-order valence-electron chi connectivity index (χ4n) is 2.18. The van der Waals surface area contributed by atoms with E-state index in [0.717, 1.165) is 12.8 Å². The van der Waals surface area contributed by atoms with Crippen LogP contribution in [0.3, 0.4) is 0 Å². The molecule has 1 saturated heterocycles. The van der Waals surface area contributed by atoms with Gasteiger partial charge >= 0.3 is 5.97 Å². The molecule has 1 aliphatic carbocycles. The number of alkyl halides is 1. The first kappa shape index (κ1) is 10.7. The fraction of sp³-hybridized carbons (Fsp3) is 0.800. The zero-order valence-corrected chi connectivity index (χ0v) is 9.11. The smallest absolute Gasteiger partial charge is 0.326 e. The van der Waals surface area contributed by atoms with Crippen LogP contribution in [-0.4, -0.2) is 40.3 Å². The number of carbonyl (C=O) groups is 2. The summed E-state index contributed by atoms with van der Waals surface area (Å²) in [5.74, 6) is -0.208. The summed E-state index contributed by atoms with van der Waals surface area (Å²) in [7, 11) is 0. The van der Waals surface area contributed by atoms with E-state index in [4.69, 9.17) is 16.7 Å². The molecular formula is C10H14ClNO3. The number of halogens is 1. The van der Waals surface area contributed by atoms with Crippen LogP contribution in [0, 0.1) is 11.8 Å². The van der Waals surface area contributed by atoms with Gasteiger partial charge in [0.2, 0.25) is 5.91 Å². The van der Waals surface area contributed by atoms with Crippen LogP contribution in [0.4, 0.5) is 0 Å². The van der Waals surface area contributed by atoms with E-state index in [2.05, 4.69) is 0 Å². The highest BCUT2D eigenvalue weighted by molar-refractivity contribution is 6.18. The molecule has 1 saturated carbocycles. The topological polar surface area (TPSA) is 57.6 Å². The molecule has 84 valence electrons. The summed E-state index contributed by atoms with van der Waals surface area (Å²) in [4.78, 5) is 24.2. The van der Waals surface area contributed by atoms with Crippen molar-refractivity contribution in [3.8, 4) is 0 Å². The monoisotopic (exact) mass is 231 g/mol. The Morgan fingerprint density at radius 3 is 2.67 bits per heavy atom. The molecule has 0 spiro atoms. The van der Waals surface area contributed by atoms with Crippen LogP contribution in [0.15, 0.2) is 0 Å². The molecule has 2 fully saturated rings. The third kappa shape index (κ3) is 2.09. The molecule has 2 aliphatic rings. The average molecular weight is 232 g/mol. The van der Waals surface area contributed by atoms with Gasteiger partial charge in [0.05, 0.1) is 0 Å². The van der Waals surface area contributed by atoms with E-state index in [-0.39, 0.29) is 17.7 Å². The Balaban J connectivity index is 2.07. The molecule has 4 nitrogen and oxygen atoms in total. The van der Waals surface area contributed by atoms with Gasteiger partial charge in [0.1, 0.15) is 6.04 Å². The minimum Gasteiger partial charge on any atom is -0.480 e. The minimum absolute atomic E-state index is 0.0556. The van der Waals surface area contributed by atoms with E-state index in [1.807, 2.05) is 0 Å². The molecule has 15 heavy (non-hydrogen) atoms. The zero-order chi connectivity index (χ0) is 11.0. The standard InChI is InChI=1S/C10H14ClNO3/c11-4-6-3-8(13)12(5-6)9(10(14)15)7-1-2-7/h6-7,9H,1-5H2,(H,14,15)/t6?,9-/m0/s1. The molecule has 2 atom stereocenters. The summed E-state index contributed by atoms with van der Waals surface area (Å²) in [6, 6.07) is -0.606. The van der Waals surface area contributed by atoms with Crippen molar-refractivity contribution in [2.75, 3.05) is 12.4 Å². The maximum absolute atomic E-state index is 11.6. The molecule has 1 aliphatic heterocycles. The highest BCUT2D eigenvalue weighted by atomic mass is 35.5. The summed E-state index contributed by atoms with van der Waals surface area (Å²) in [6.07, 6.45) is 2.25. The highest BCUT2D eigenvalue weighted by Gasteiger charge is 2.45. The van der Waals surface area contributed by atoms with E-state index in [0.29, 0.717) is 18.8 Å². The second kappa shape index (κ2) is 4.00. The molecule has 0 aromatic carbocycles.